The van der Waals surface area contributed by atoms with Crippen LogP contribution in [0.2, 0.25) is 0 Å². The summed E-state index contributed by atoms with van der Waals surface area (Å²) in [6, 6.07) is 16.2. The van der Waals surface area contributed by atoms with Crippen LogP contribution in [0.5, 0.6) is 5.75 Å². The van der Waals surface area contributed by atoms with Crippen molar-refractivity contribution in [1.82, 2.24) is 10.2 Å². The predicted octanol–water partition coefficient (Wildman–Crippen LogP) is 4.94. The van der Waals surface area contributed by atoms with Crippen molar-refractivity contribution in [1.29, 1.82) is 5.26 Å². The molecule has 7 heteroatoms. The lowest BCUT2D eigenvalue weighted by Crippen LogP contribution is -2.44. The summed E-state index contributed by atoms with van der Waals surface area (Å²) in [5.74, 6) is 0.769. The molecule has 2 aromatic carbocycles. The van der Waals surface area contributed by atoms with E-state index in [1.807, 2.05) is 43.9 Å². The number of carbonyl (C=O) groups is 1. The van der Waals surface area contributed by atoms with Crippen LogP contribution in [-0.4, -0.2) is 40.7 Å². The molecule has 0 aliphatic carbocycles. The van der Waals surface area contributed by atoms with Crippen LogP contribution >= 0.6 is 12.2 Å². The van der Waals surface area contributed by atoms with Gasteiger partial charge in [-0.2, -0.15) is 5.26 Å². The number of anilines is 1. The van der Waals surface area contributed by atoms with E-state index in [2.05, 4.69) is 37.4 Å². The molecule has 0 radical (unpaired) electrons. The van der Waals surface area contributed by atoms with E-state index in [4.69, 9.17) is 17.0 Å². The summed E-state index contributed by atoms with van der Waals surface area (Å²) in [6.07, 6.45) is 1.84. The van der Waals surface area contributed by atoms with E-state index in [0.717, 1.165) is 30.7 Å². The van der Waals surface area contributed by atoms with Gasteiger partial charge in [0.25, 0.3) is 5.91 Å². The summed E-state index contributed by atoms with van der Waals surface area (Å²) in [7, 11) is 0. The number of ether oxygens (including phenoxy) is 1. The maximum atomic E-state index is 13.2. The molecule has 1 atom stereocenters. The lowest BCUT2D eigenvalue weighted by Gasteiger charge is -2.29. The highest BCUT2D eigenvalue weighted by Gasteiger charge is 2.49. The zero-order valence-electron chi connectivity index (χ0n) is 20.7. The van der Waals surface area contributed by atoms with Crippen LogP contribution in [0.25, 0.3) is 0 Å². The van der Waals surface area contributed by atoms with Gasteiger partial charge in [0.05, 0.1) is 23.9 Å². The molecule has 0 bridgehead atoms. The predicted molar refractivity (Wildman–Crippen MR) is 140 cm³/mol. The zero-order valence-corrected chi connectivity index (χ0v) is 21.5. The monoisotopic (exact) mass is 478 g/mol. The molecular weight excluding hydrogens is 444 g/mol. The Morgan fingerprint density at radius 1 is 1.21 bits per heavy atom. The second-order valence-corrected chi connectivity index (χ2v) is 9.65. The van der Waals surface area contributed by atoms with Gasteiger partial charge in [0, 0.05) is 19.1 Å². The van der Waals surface area contributed by atoms with Gasteiger partial charge in [-0.15, -0.1) is 0 Å². The molecule has 34 heavy (non-hydrogen) atoms. The minimum absolute atomic E-state index is 0.0656. The number of nitrogens with zero attached hydrogens (tertiary/aromatic N) is 3. The van der Waals surface area contributed by atoms with Crippen molar-refractivity contribution < 1.29 is 9.53 Å². The van der Waals surface area contributed by atoms with Crippen molar-refractivity contribution in [3.05, 3.63) is 59.2 Å². The normalized spacial score (nSPS) is 16.0. The lowest BCUT2D eigenvalue weighted by molar-refractivity contribution is -0.123. The van der Waals surface area contributed by atoms with Crippen LogP contribution in [0.3, 0.4) is 0 Å². The fraction of sp³-hybridized carbons (Fsp3) is 0.444. The first-order valence-electron chi connectivity index (χ1n) is 11.8. The van der Waals surface area contributed by atoms with E-state index >= 15 is 0 Å². The van der Waals surface area contributed by atoms with E-state index in [1.54, 1.807) is 17.0 Å². The van der Waals surface area contributed by atoms with E-state index in [0.29, 0.717) is 35.6 Å². The van der Waals surface area contributed by atoms with Gasteiger partial charge in [0.15, 0.2) is 5.11 Å². The van der Waals surface area contributed by atoms with Crippen LogP contribution in [0, 0.1) is 18.3 Å². The van der Waals surface area contributed by atoms with Crippen molar-refractivity contribution >= 4 is 28.9 Å². The number of nitriles is 1. The Labute approximate surface area is 208 Å². The number of benzene rings is 2. The first kappa shape index (κ1) is 25.7. The molecule has 1 amide bonds. The van der Waals surface area contributed by atoms with Crippen molar-refractivity contribution in [3.8, 4) is 11.8 Å². The third-order valence-electron chi connectivity index (χ3n) is 6.40. The summed E-state index contributed by atoms with van der Waals surface area (Å²) in [5.41, 5.74) is 2.59. The minimum Gasteiger partial charge on any atom is -0.494 e. The topological polar surface area (TPSA) is 68.6 Å². The van der Waals surface area contributed by atoms with Gasteiger partial charge in [-0.1, -0.05) is 19.1 Å². The molecule has 1 N–H and O–H groups in total. The standard InChI is InChI=1S/C27H34N4O2S/c1-6-20(3)29-18-21-8-12-24(13-9-21)33-15-7-14-30-26(34)31(25(32)27(30,4)5)23-11-10-22(17-28)19(2)16-23/h8-13,16,20,29H,6-7,14-15,18H2,1-5H3. The van der Waals surface area contributed by atoms with Gasteiger partial charge in [0.1, 0.15) is 11.3 Å². The number of rotatable bonds is 10. The Hall–Kier alpha value is -2.95. The maximum absolute atomic E-state index is 13.2. The average Bonchev–Trinajstić information content (AvgIpc) is 2.99. The van der Waals surface area contributed by atoms with E-state index in [9.17, 15) is 10.1 Å². The highest BCUT2D eigenvalue weighted by Crippen LogP contribution is 2.33. The summed E-state index contributed by atoms with van der Waals surface area (Å²) in [5, 5.41) is 13.2. The first-order valence-corrected chi connectivity index (χ1v) is 12.2. The molecule has 1 saturated heterocycles. The fourth-order valence-corrected chi connectivity index (χ4v) is 4.41. The molecule has 1 aliphatic rings. The Kier molecular flexibility index (Phi) is 8.29. The molecule has 1 fully saturated rings. The summed E-state index contributed by atoms with van der Waals surface area (Å²) in [4.78, 5) is 16.8. The number of hydrogen-bond donors (Lipinski definition) is 1. The zero-order chi connectivity index (χ0) is 24.9. The van der Waals surface area contributed by atoms with Gasteiger partial charge in [-0.25, -0.2) is 0 Å². The van der Waals surface area contributed by atoms with Crippen molar-refractivity contribution in [2.75, 3.05) is 18.1 Å². The Morgan fingerprint density at radius 3 is 2.53 bits per heavy atom. The highest BCUT2D eigenvalue weighted by molar-refractivity contribution is 7.80. The van der Waals surface area contributed by atoms with Gasteiger partial charge < -0.3 is 15.0 Å². The molecule has 2 aromatic rings. The molecule has 3 rings (SSSR count). The number of hydrogen-bond acceptors (Lipinski definition) is 5. The highest BCUT2D eigenvalue weighted by atomic mass is 32.1. The largest absolute Gasteiger partial charge is 0.494 e. The van der Waals surface area contributed by atoms with Gasteiger partial charge in [-0.05, 0) is 94.2 Å². The number of thiocarbonyl (C=S) groups is 1. The quantitative estimate of drug-likeness (QED) is 0.386. The van der Waals surface area contributed by atoms with Crippen molar-refractivity contribution in [2.24, 2.45) is 0 Å². The lowest BCUT2D eigenvalue weighted by atomic mass is 10.0. The number of aryl methyl sites for hydroxylation is 1. The third kappa shape index (κ3) is 5.57. The molecule has 0 saturated carbocycles. The molecule has 0 aromatic heterocycles. The van der Waals surface area contributed by atoms with Crippen LogP contribution < -0.4 is 15.0 Å². The molecule has 1 heterocycles. The summed E-state index contributed by atoms with van der Waals surface area (Å²) >= 11 is 5.70. The number of nitrogens with one attached hydrogen (secondary N) is 1. The summed E-state index contributed by atoms with van der Waals surface area (Å²) < 4.78 is 5.93. The average molecular weight is 479 g/mol. The van der Waals surface area contributed by atoms with Crippen LogP contribution in [-0.2, 0) is 11.3 Å². The fourth-order valence-electron chi connectivity index (χ4n) is 3.90. The first-order chi connectivity index (χ1) is 16.2. The molecule has 1 aliphatic heterocycles. The molecule has 180 valence electrons. The Morgan fingerprint density at radius 2 is 1.91 bits per heavy atom. The van der Waals surface area contributed by atoms with Crippen molar-refractivity contribution in [3.63, 3.8) is 0 Å². The SMILES string of the molecule is CCC(C)NCc1ccc(OCCCN2C(=S)N(c3ccc(C#N)c(C)c3)C(=O)C2(C)C)cc1. The smallest absolute Gasteiger partial charge is 0.258 e. The second-order valence-electron chi connectivity index (χ2n) is 9.28. The number of amides is 1. The van der Waals surface area contributed by atoms with E-state index < -0.39 is 5.54 Å². The second kappa shape index (κ2) is 11.0. The minimum atomic E-state index is -0.747. The van der Waals surface area contributed by atoms with E-state index in [-0.39, 0.29) is 5.91 Å². The Balaban J connectivity index is 1.56. The third-order valence-corrected chi connectivity index (χ3v) is 6.80. The Bertz CT molecular complexity index is 1080. The van der Waals surface area contributed by atoms with Gasteiger partial charge >= 0.3 is 0 Å². The maximum Gasteiger partial charge on any atom is 0.258 e. The van der Waals surface area contributed by atoms with Gasteiger partial charge in [-0.3, -0.25) is 9.69 Å². The number of carbonyl (C=O) groups excluding carboxylic acids is 1. The molecule has 0 spiro atoms. The summed E-state index contributed by atoms with van der Waals surface area (Å²) in [6.45, 7) is 12.0. The van der Waals surface area contributed by atoms with Crippen molar-refractivity contribution in [2.45, 2.75) is 65.6 Å². The molecular formula is C27H34N4O2S. The van der Waals surface area contributed by atoms with Crippen LogP contribution in [0.1, 0.15) is 57.2 Å². The molecule has 6 nitrogen and oxygen atoms in total. The van der Waals surface area contributed by atoms with Crippen LogP contribution in [0.4, 0.5) is 5.69 Å². The van der Waals surface area contributed by atoms with E-state index in [1.165, 1.54) is 5.56 Å². The molecule has 1 unspecified atom stereocenters. The van der Waals surface area contributed by atoms with Crippen LogP contribution in [0.15, 0.2) is 42.5 Å². The van der Waals surface area contributed by atoms with Gasteiger partial charge in [0.2, 0.25) is 0 Å².